The molecule has 3 amide bonds. The van der Waals surface area contributed by atoms with Crippen LogP contribution in [0.25, 0.3) is 0 Å². The minimum absolute atomic E-state index is 0.139. The number of nitrogens with zero attached hydrogens (tertiary/aromatic N) is 2. The van der Waals surface area contributed by atoms with Gasteiger partial charge in [0.15, 0.2) is 0 Å². The summed E-state index contributed by atoms with van der Waals surface area (Å²) in [5.74, 6) is -1.96. The Labute approximate surface area is 221 Å². The van der Waals surface area contributed by atoms with E-state index in [-0.39, 0.29) is 35.1 Å². The van der Waals surface area contributed by atoms with Crippen molar-refractivity contribution >= 4 is 33.7 Å². The van der Waals surface area contributed by atoms with Crippen LogP contribution in [-0.4, -0.2) is 114 Å². The Balaban J connectivity index is 1.61. The van der Waals surface area contributed by atoms with Gasteiger partial charge in [-0.1, -0.05) is 36.7 Å². The summed E-state index contributed by atoms with van der Waals surface area (Å²) in [5, 5.41) is 16.3. The molecule has 4 fully saturated rings. The minimum Gasteiger partial charge on any atom is -0.394 e. The van der Waals surface area contributed by atoms with E-state index in [1.807, 2.05) is 20.8 Å². The summed E-state index contributed by atoms with van der Waals surface area (Å²) in [4.78, 5) is 44.7. The van der Waals surface area contributed by atoms with E-state index >= 15 is 0 Å². The quantitative estimate of drug-likeness (QED) is 0.301. The number of likely N-dealkylation sites (tertiary alicyclic amines) is 1. The van der Waals surface area contributed by atoms with Gasteiger partial charge in [-0.2, -0.15) is 0 Å². The molecule has 4 aliphatic rings. The third-order valence-electron chi connectivity index (χ3n) is 8.01. The highest BCUT2D eigenvalue weighted by atomic mass is 79.9. The van der Waals surface area contributed by atoms with Crippen LogP contribution in [0.5, 0.6) is 0 Å². The largest absolute Gasteiger partial charge is 0.394 e. The second kappa shape index (κ2) is 11.6. The number of alkyl halides is 1. The average molecular weight is 574 g/mol. The van der Waals surface area contributed by atoms with Crippen LogP contribution in [0.2, 0.25) is 0 Å². The van der Waals surface area contributed by atoms with Crippen molar-refractivity contribution in [3.8, 4) is 0 Å². The third kappa shape index (κ3) is 5.06. The zero-order chi connectivity index (χ0) is 26.0. The Bertz CT molecular complexity index is 824. The van der Waals surface area contributed by atoms with Gasteiger partial charge in [-0.15, -0.1) is 0 Å². The number of fused-ring (bicyclic) bond motifs is 1. The highest BCUT2D eigenvalue weighted by Crippen LogP contribution is 2.60. The Hall–Kier alpha value is -1.27. The van der Waals surface area contributed by atoms with Crippen LogP contribution in [0.3, 0.4) is 0 Å². The molecule has 7 atom stereocenters. The lowest BCUT2D eigenvalue weighted by Crippen LogP contribution is -2.59. The Morgan fingerprint density at radius 1 is 1.19 bits per heavy atom. The Morgan fingerprint density at radius 2 is 1.89 bits per heavy atom. The van der Waals surface area contributed by atoms with E-state index < -0.39 is 35.6 Å². The lowest BCUT2D eigenvalue weighted by atomic mass is 9.70. The fraction of sp³-hybridized carbons (Fsp3) is 0.880. The SMILES string of the molecule is CCCNC(=O)[C@H]1[C@@H]2OC3(CC2Br)C(C(=O)NCCN2CCOCC2)N([C@@H](CO)CC(C)C)C(=O)[C@H]13. The van der Waals surface area contributed by atoms with E-state index in [0.717, 1.165) is 19.5 Å². The van der Waals surface area contributed by atoms with Crippen molar-refractivity contribution in [2.24, 2.45) is 17.8 Å². The van der Waals surface area contributed by atoms with Gasteiger partial charge in [0, 0.05) is 37.6 Å². The third-order valence-corrected chi connectivity index (χ3v) is 8.85. The number of halogens is 1. The second-order valence-corrected chi connectivity index (χ2v) is 12.1. The van der Waals surface area contributed by atoms with Crippen molar-refractivity contribution in [1.29, 1.82) is 0 Å². The van der Waals surface area contributed by atoms with Crippen molar-refractivity contribution in [2.75, 3.05) is 52.5 Å². The molecule has 2 bridgehead atoms. The molecular formula is C25H41BrN4O6. The molecule has 204 valence electrons. The number of rotatable bonds is 11. The van der Waals surface area contributed by atoms with Gasteiger partial charge in [0.25, 0.3) is 0 Å². The van der Waals surface area contributed by atoms with Gasteiger partial charge >= 0.3 is 0 Å². The standard InChI is InChI=1S/C25H41BrN4O6/c1-4-5-27-22(32)18-19-24(34)30(16(14-31)12-15(2)3)21(25(19)13-17(26)20(18)36-25)23(33)28-6-7-29-8-10-35-11-9-29/h15-21,31H,4-14H2,1-3H3,(H,27,32)(H,28,33)/t16-,17?,18-,19+,20-,21?,25?/m1/s1. The van der Waals surface area contributed by atoms with E-state index in [2.05, 4.69) is 31.5 Å². The molecule has 36 heavy (non-hydrogen) atoms. The second-order valence-electron chi connectivity index (χ2n) is 10.9. The molecule has 0 aliphatic carbocycles. The fourth-order valence-electron chi connectivity index (χ4n) is 6.50. The number of carbonyl (C=O) groups is 3. The maximum absolute atomic E-state index is 14.0. The first kappa shape index (κ1) is 27.8. The first-order chi connectivity index (χ1) is 17.2. The predicted octanol–water partition coefficient (Wildman–Crippen LogP) is 0.116. The van der Waals surface area contributed by atoms with Gasteiger partial charge in [0.1, 0.15) is 11.6 Å². The van der Waals surface area contributed by atoms with Crippen LogP contribution < -0.4 is 10.6 Å². The molecule has 4 heterocycles. The van der Waals surface area contributed by atoms with Gasteiger partial charge in [0.2, 0.25) is 17.7 Å². The van der Waals surface area contributed by atoms with Crippen molar-refractivity contribution in [1.82, 2.24) is 20.4 Å². The van der Waals surface area contributed by atoms with E-state index in [9.17, 15) is 19.5 Å². The number of amides is 3. The number of aliphatic hydroxyl groups excluding tert-OH is 1. The van der Waals surface area contributed by atoms with Crippen molar-refractivity contribution in [3.63, 3.8) is 0 Å². The lowest BCUT2D eigenvalue weighted by Gasteiger charge is -2.37. The highest BCUT2D eigenvalue weighted by Gasteiger charge is 2.76. The van der Waals surface area contributed by atoms with Gasteiger partial charge in [0.05, 0.1) is 43.8 Å². The molecule has 0 saturated carbocycles. The van der Waals surface area contributed by atoms with Gasteiger partial charge in [-0.25, -0.2) is 0 Å². The Kier molecular flexibility index (Phi) is 8.97. The van der Waals surface area contributed by atoms with Crippen molar-refractivity contribution in [2.45, 2.75) is 68.6 Å². The van der Waals surface area contributed by atoms with E-state index in [4.69, 9.17) is 9.47 Å². The van der Waals surface area contributed by atoms with Crippen molar-refractivity contribution in [3.05, 3.63) is 0 Å². The van der Waals surface area contributed by atoms with Gasteiger partial charge < -0.3 is 30.1 Å². The van der Waals surface area contributed by atoms with Crippen LogP contribution in [0.15, 0.2) is 0 Å². The summed E-state index contributed by atoms with van der Waals surface area (Å²) in [5.41, 5.74) is -1.10. The number of morpholine rings is 1. The monoisotopic (exact) mass is 572 g/mol. The number of hydrogen-bond donors (Lipinski definition) is 3. The van der Waals surface area contributed by atoms with E-state index in [0.29, 0.717) is 45.7 Å². The first-order valence-corrected chi connectivity index (χ1v) is 14.3. The summed E-state index contributed by atoms with van der Waals surface area (Å²) in [7, 11) is 0. The molecule has 0 aromatic heterocycles. The van der Waals surface area contributed by atoms with E-state index in [1.165, 1.54) is 0 Å². The number of hydrogen-bond acceptors (Lipinski definition) is 7. The summed E-state index contributed by atoms with van der Waals surface area (Å²) in [6.07, 6.45) is 1.33. The molecule has 4 saturated heterocycles. The maximum Gasteiger partial charge on any atom is 0.245 e. The summed E-state index contributed by atoms with van der Waals surface area (Å²) in [6, 6.07) is -1.42. The molecule has 3 unspecified atom stereocenters. The summed E-state index contributed by atoms with van der Waals surface area (Å²) in [6.45, 7) is 10.4. The molecule has 0 radical (unpaired) electrons. The molecular weight excluding hydrogens is 532 g/mol. The van der Waals surface area contributed by atoms with Crippen molar-refractivity contribution < 1.29 is 29.0 Å². The van der Waals surface area contributed by atoms with Crippen LogP contribution in [-0.2, 0) is 23.9 Å². The molecule has 0 aromatic rings. The maximum atomic E-state index is 14.0. The van der Waals surface area contributed by atoms with Crippen LogP contribution in [0.4, 0.5) is 0 Å². The molecule has 3 N–H and O–H groups in total. The minimum atomic E-state index is -1.10. The molecule has 1 spiro atoms. The normalized spacial score (nSPS) is 34.8. The highest BCUT2D eigenvalue weighted by molar-refractivity contribution is 9.09. The number of aliphatic hydroxyl groups is 1. The molecule has 10 nitrogen and oxygen atoms in total. The smallest absolute Gasteiger partial charge is 0.245 e. The predicted molar refractivity (Wildman–Crippen MR) is 136 cm³/mol. The van der Waals surface area contributed by atoms with Crippen LogP contribution in [0.1, 0.15) is 40.0 Å². The molecule has 11 heteroatoms. The summed E-state index contributed by atoms with van der Waals surface area (Å²) >= 11 is 3.68. The van der Waals surface area contributed by atoms with Crippen LogP contribution >= 0.6 is 15.9 Å². The first-order valence-electron chi connectivity index (χ1n) is 13.4. The average Bonchev–Trinajstić information content (AvgIpc) is 3.45. The Morgan fingerprint density at radius 3 is 2.53 bits per heavy atom. The zero-order valence-corrected chi connectivity index (χ0v) is 23.2. The summed E-state index contributed by atoms with van der Waals surface area (Å²) < 4.78 is 11.9. The number of nitrogens with one attached hydrogen (secondary N) is 2. The molecule has 0 aromatic carbocycles. The topological polar surface area (TPSA) is 120 Å². The van der Waals surface area contributed by atoms with Gasteiger partial charge in [-0.05, 0) is 25.2 Å². The number of carbonyl (C=O) groups excluding carboxylic acids is 3. The van der Waals surface area contributed by atoms with E-state index in [1.54, 1.807) is 4.90 Å². The number of ether oxygens (including phenoxy) is 2. The molecule has 4 aliphatic heterocycles. The zero-order valence-electron chi connectivity index (χ0n) is 21.6. The fourth-order valence-corrected chi connectivity index (χ4v) is 7.45. The van der Waals surface area contributed by atoms with Crippen LogP contribution in [0, 0.1) is 17.8 Å². The van der Waals surface area contributed by atoms with Gasteiger partial charge in [-0.3, -0.25) is 19.3 Å². The lowest BCUT2D eigenvalue weighted by molar-refractivity contribution is -0.146. The molecule has 4 rings (SSSR count).